The van der Waals surface area contributed by atoms with E-state index in [1.807, 2.05) is 0 Å². The van der Waals surface area contributed by atoms with Gasteiger partial charge in [-0.05, 0) is 35.4 Å². The molecule has 0 fully saturated rings. The third kappa shape index (κ3) is 4.65. The lowest BCUT2D eigenvalue weighted by Gasteiger charge is -2.08. The standard InChI is InChI=1S/C26H19F3N2O4/c1-34-24(32)21-22(30-31(23(21)25(33)35-2)20-6-4-3-5-7-20)18-10-8-16(9-11-18)17-12-14-19(15-13-17)26(27,28)29/h3-15H,1-2H3. The van der Waals surface area contributed by atoms with Crippen LogP contribution in [0.25, 0.3) is 28.1 Å². The van der Waals surface area contributed by atoms with Gasteiger partial charge in [0.2, 0.25) is 0 Å². The van der Waals surface area contributed by atoms with E-state index in [4.69, 9.17) is 9.47 Å². The van der Waals surface area contributed by atoms with Crippen LogP contribution in [0.1, 0.15) is 26.4 Å². The Morgan fingerprint density at radius 2 is 1.26 bits per heavy atom. The van der Waals surface area contributed by atoms with E-state index < -0.39 is 23.7 Å². The molecule has 0 saturated carbocycles. The topological polar surface area (TPSA) is 70.4 Å². The van der Waals surface area contributed by atoms with Gasteiger partial charge in [0.15, 0.2) is 5.69 Å². The summed E-state index contributed by atoms with van der Waals surface area (Å²) in [7, 11) is 2.39. The van der Waals surface area contributed by atoms with Crippen LogP contribution in [0.5, 0.6) is 0 Å². The van der Waals surface area contributed by atoms with Gasteiger partial charge in [-0.25, -0.2) is 14.3 Å². The summed E-state index contributed by atoms with van der Waals surface area (Å²) in [6.45, 7) is 0. The number of carbonyl (C=O) groups excluding carboxylic acids is 2. The molecule has 0 bridgehead atoms. The van der Waals surface area contributed by atoms with E-state index in [0.717, 1.165) is 12.1 Å². The number of methoxy groups -OCH3 is 2. The molecule has 6 nitrogen and oxygen atoms in total. The number of hydrogen-bond donors (Lipinski definition) is 0. The summed E-state index contributed by atoms with van der Waals surface area (Å²) in [5, 5.41) is 4.52. The van der Waals surface area contributed by atoms with Crippen LogP contribution < -0.4 is 0 Å². The number of para-hydroxylation sites is 1. The number of carbonyl (C=O) groups is 2. The highest BCUT2D eigenvalue weighted by Gasteiger charge is 2.32. The van der Waals surface area contributed by atoms with E-state index in [1.165, 1.54) is 31.0 Å². The normalized spacial score (nSPS) is 11.2. The lowest BCUT2D eigenvalue weighted by molar-refractivity contribution is -0.137. The molecule has 9 heteroatoms. The quantitative estimate of drug-likeness (QED) is 0.338. The number of halogens is 3. The van der Waals surface area contributed by atoms with E-state index in [9.17, 15) is 22.8 Å². The van der Waals surface area contributed by atoms with Gasteiger partial charge in [0.1, 0.15) is 11.3 Å². The molecule has 0 radical (unpaired) electrons. The molecule has 3 aromatic carbocycles. The second-order valence-corrected chi connectivity index (χ2v) is 7.46. The minimum atomic E-state index is -4.42. The van der Waals surface area contributed by atoms with Crippen LogP contribution in [0.15, 0.2) is 78.9 Å². The van der Waals surface area contributed by atoms with Crippen molar-refractivity contribution in [1.29, 1.82) is 0 Å². The molecule has 35 heavy (non-hydrogen) atoms. The first kappa shape index (κ1) is 23.7. The van der Waals surface area contributed by atoms with E-state index in [-0.39, 0.29) is 17.0 Å². The zero-order valence-electron chi connectivity index (χ0n) is 18.7. The highest BCUT2D eigenvalue weighted by Crippen LogP contribution is 2.33. The molecule has 0 N–H and O–H groups in total. The fourth-order valence-electron chi connectivity index (χ4n) is 3.63. The minimum Gasteiger partial charge on any atom is -0.465 e. The molecule has 4 aromatic rings. The second-order valence-electron chi connectivity index (χ2n) is 7.46. The fraction of sp³-hybridized carbons (Fsp3) is 0.115. The highest BCUT2D eigenvalue weighted by molar-refractivity contribution is 6.06. The lowest BCUT2D eigenvalue weighted by atomic mass is 10.00. The molecule has 0 aliphatic heterocycles. The Labute approximate surface area is 198 Å². The maximum Gasteiger partial charge on any atom is 0.416 e. The first-order valence-corrected chi connectivity index (χ1v) is 10.4. The SMILES string of the molecule is COC(=O)c1c(-c2ccc(-c3ccc(C(F)(F)F)cc3)cc2)nn(-c2ccccc2)c1C(=O)OC. The fourth-order valence-corrected chi connectivity index (χ4v) is 3.63. The lowest BCUT2D eigenvalue weighted by Crippen LogP contribution is -2.15. The summed E-state index contributed by atoms with van der Waals surface area (Å²) >= 11 is 0. The molecule has 0 unspecified atom stereocenters. The van der Waals surface area contributed by atoms with E-state index in [2.05, 4.69) is 5.10 Å². The van der Waals surface area contributed by atoms with Crippen LogP contribution in [0.3, 0.4) is 0 Å². The average molecular weight is 480 g/mol. The first-order chi connectivity index (χ1) is 16.7. The van der Waals surface area contributed by atoms with Crippen molar-refractivity contribution in [2.75, 3.05) is 14.2 Å². The molecule has 1 heterocycles. The number of aromatic nitrogens is 2. The molecule has 0 atom stereocenters. The van der Waals surface area contributed by atoms with Gasteiger partial charge in [0.25, 0.3) is 0 Å². The van der Waals surface area contributed by atoms with Crippen LogP contribution >= 0.6 is 0 Å². The van der Waals surface area contributed by atoms with Crippen LogP contribution in [0.2, 0.25) is 0 Å². The summed E-state index contributed by atoms with van der Waals surface area (Å²) in [5.41, 5.74) is 1.59. The summed E-state index contributed by atoms with van der Waals surface area (Å²) in [4.78, 5) is 25.4. The van der Waals surface area contributed by atoms with E-state index in [0.29, 0.717) is 22.4 Å². The number of hydrogen-bond acceptors (Lipinski definition) is 5. The molecule has 0 aliphatic carbocycles. The minimum absolute atomic E-state index is 0.0644. The average Bonchev–Trinajstić information content (AvgIpc) is 3.28. The third-order valence-electron chi connectivity index (χ3n) is 5.36. The van der Waals surface area contributed by atoms with Gasteiger partial charge >= 0.3 is 18.1 Å². The molecule has 178 valence electrons. The molecular formula is C26H19F3N2O4. The Bertz CT molecular complexity index is 1360. The molecule has 0 saturated heterocycles. The molecule has 0 spiro atoms. The number of ether oxygens (including phenoxy) is 2. The van der Waals surface area contributed by atoms with E-state index >= 15 is 0 Å². The van der Waals surface area contributed by atoms with Crippen LogP contribution in [0.4, 0.5) is 13.2 Å². The second kappa shape index (κ2) is 9.46. The van der Waals surface area contributed by atoms with Crippen LogP contribution in [-0.4, -0.2) is 35.9 Å². The van der Waals surface area contributed by atoms with Gasteiger partial charge in [-0.2, -0.15) is 18.3 Å². The molecule has 0 amide bonds. The number of rotatable bonds is 5. The third-order valence-corrected chi connectivity index (χ3v) is 5.36. The van der Waals surface area contributed by atoms with Crippen molar-refractivity contribution in [3.63, 3.8) is 0 Å². The maximum absolute atomic E-state index is 12.9. The zero-order valence-corrected chi connectivity index (χ0v) is 18.7. The van der Waals surface area contributed by atoms with Crippen molar-refractivity contribution in [3.05, 3.63) is 95.7 Å². The van der Waals surface area contributed by atoms with Gasteiger partial charge in [0, 0.05) is 5.56 Å². The van der Waals surface area contributed by atoms with Gasteiger partial charge in [0.05, 0.1) is 25.5 Å². The van der Waals surface area contributed by atoms with Crippen molar-refractivity contribution in [3.8, 4) is 28.1 Å². The zero-order chi connectivity index (χ0) is 25.2. The number of esters is 2. The Kier molecular flexibility index (Phi) is 6.42. The predicted octanol–water partition coefficient (Wildman–Crippen LogP) is 5.80. The van der Waals surface area contributed by atoms with Crippen molar-refractivity contribution in [1.82, 2.24) is 9.78 Å². The largest absolute Gasteiger partial charge is 0.465 e. The van der Waals surface area contributed by atoms with Gasteiger partial charge < -0.3 is 9.47 Å². The van der Waals surface area contributed by atoms with Crippen LogP contribution in [-0.2, 0) is 15.7 Å². The van der Waals surface area contributed by atoms with Crippen molar-refractivity contribution >= 4 is 11.9 Å². The Balaban J connectivity index is 1.81. The Hall–Kier alpha value is -4.40. The Morgan fingerprint density at radius 3 is 1.77 bits per heavy atom. The van der Waals surface area contributed by atoms with Gasteiger partial charge in [-0.1, -0.05) is 54.6 Å². The number of nitrogens with zero attached hydrogens (tertiary/aromatic N) is 2. The molecule has 1 aromatic heterocycles. The predicted molar refractivity (Wildman–Crippen MR) is 122 cm³/mol. The highest BCUT2D eigenvalue weighted by atomic mass is 19.4. The number of benzene rings is 3. The van der Waals surface area contributed by atoms with Gasteiger partial charge in [-0.3, -0.25) is 0 Å². The summed E-state index contributed by atoms with van der Waals surface area (Å²) < 4.78 is 49.7. The van der Waals surface area contributed by atoms with Crippen molar-refractivity contribution in [2.45, 2.75) is 6.18 Å². The summed E-state index contributed by atoms with van der Waals surface area (Å²) in [6, 6.07) is 20.3. The monoisotopic (exact) mass is 480 g/mol. The van der Waals surface area contributed by atoms with Gasteiger partial charge in [-0.15, -0.1) is 0 Å². The molecular weight excluding hydrogens is 461 g/mol. The van der Waals surface area contributed by atoms with Crippen molar-refractivity contribution in [2.24, 2.45) is 0 Å². The van der Waals surface area contributed by atoms with E-state index in [1.54, 1.807) is 54.6 Å². The first-order valence-electron chi connectivity index (χ1n) is 10.4. The molecule has 4 rings (SSSR count). The van der Waals surface area contributed by atoms with Crippen molar-refractivity contribution < 1.29 is 32.2 Å². The van der Waals surface area contributed by atoms with Crippen LogP contribution in [0, 0.1) is 0 Å². The smallest absolute Gasteiger partial charge is 0.416 e. The Morgan fingerprint density at radius 1 is 0.743 bits per heavy atom. The summed E-state index contributed by atoms with van der Waals surface area (Å²) in [6.07, 6.45) is -4.42. The summed E-state index contributed by atoms with van der Waals surface area (Å²) in [5.74, 6) is -1.54. The maximum atomic E-state index is 12.9. The number of alkyl halides is 3. The molecule has 0 aliphatic rings.